The molecule has 0 amide bonds. The Bertz CT molecular complexity index is 973. The van der Waals surface area contributed by atoms with Gasteiger partial charge >= 0.3 is 0 Å². The molecular formula is C21H27N3O5S. The van der Waals surface area contributed by atoms with E-state index in [-0.39, 0.29) is 12.8 Å². The molecule has 1 atom stereocenters. The molecule has 1 saturated heterocycles. The average molecular weight is 434 g/mol. The van der Waals surface area contributed by atoms with Gasteiger partial charge in [0.25, 0.3) is 0 Å². The number of piperazine rings is 1. The van der Waals surface area contributed by atoms with Gasteiger partial charge in [0, 0.05) is 44.5 Å². The summed E-state index contributed by atoms with van der Waals surface area (Å²) in [6.45, 7) is 3.86. The number of hydrogen-bond donors (Lipinski definition) is 1. The number of anilines is 1. The van der Waals surface area contributed by atoms with E-state index in [1.54, 1.807) is 7.11 Å². The molecule has 2 aliphatic rings. The molecule has 162 valence electrons. The molecule has 2 aliphatic heterocycles. The second-order valence-corrected chi connectivity index (χ2v) is 9.30. The maximum absolute atomic E-state index is 11.7. The molecule has 8 nitrogen and oxygen atoms in total. The van der Waals surface area contributed by atoms with Crippen LogP contribution in [0.25, 0.3) is 0 Å². The smallest absolute Gasteiger partial charge is 0.231 e. The van der Waals surface area contributed by atoms with Crippen LogP contribution in [0.15, 0.2) is 42.5 Å². The first kappa shape index (κ1) is 20.8. The SMILES string of the molecule is COc1ccc(N2CCN(C(CNS(C)(=O)=O)c3ccc4c(c3)OCO4)CC2)cc1. The van der Waals surface area contributed by atoms with Crippen LogP contribution in [0.5, 0.6) is 17.2 Å². The van der Waals surface area contributed by atoms with Crippen molar-refractivity contribution in [2.75, 3.05) is 57.8 Å². The summed E-state index contributed by atoms with van der Waals surface area (Å²) in [5, 5.41) is 0. The van der Waals surface area contributed by atoms with Gasteiger partial charge in [-0.05, 0) is 42.0 Å². The second kappa shape index (κ2) is 8.71. The van der Waals surface area contributed by atoms with Crippen molar-refractivity contribution in [3.05, 3.63) is 48.0 Å². The highest BCUT2D eigenvalue weighted by Crippen LogP contribution is 2.36. The first-order chi connectivity index (χ1) is 14.4. The minimum Gasteiger partial charge on any atom is -0.497 e. The van der Waals surface area contributed by atoms with Crippen molar-refractivity contribution in [3.63, 3.8) is 0 Å². The predicted octanol–water partition coefficient (Wildman–Crippen LogP) is 1.84. The van der Waals surface area contributed by atoms with Crippen LogP contribution in [0.3, 0.4) is 0 Å². The summed E-state index contributed by atoms with van der Waals surface area (Å²) in [5.74, 6) is 2.26. The Morgan fingerprint density at radius 2 is 1.73 bits per heavy atom. The Hall–Kier alpha value is -2.49. The predicted molar refractivity (Wildman–Crippen MR) is 115 cm³/mol. The molecule has 1 fully saturated rings. The molecule has 4 rings (SSSR count). The summed E-state index contributed by atoms with van der Waals surface area (Å²) >= 11 is 0. The fraction of sp³-hybridized carbons (Fsp3) is 0.429. The van der Waals surface area contributed by atoms with Gasteiger partial charge in [-0.3, -0.25) is 4.90 Å². The van der Waals surface area contributed by atoms with E-state index in [4.69, 9.17) is 14.2 Å². The molecule has 1 unspecified atom stereocenters. The Kier molecular flexibility index (Phi) is 6.03. The van der Waals surface area contributed by atoms with E-state index in [0.29, 0.717) is 12.3 Å². The summed E-state index contributed by atoms with van der Waals surface area (Å²) in [6.07, 6.45) is 1.19. The maximum Gasteiger partial charge on any atom is 0.231 e. The third kappa shape index (κ3) is 4.80. The number of rotatable bonds is 7. The zero-order chi connectivity index (χ0) is 21.1. The van der Waals surface area contributed by atoms with E-state index in [1.807, 2.05) is 30.3 Å². The van der Waals surface area contributed by atoms with Gasteiger partial charge in [-0.15, -0.1) is 0 Å². The van der Waals surface area contributed by atoms with Crippen molar-refractivity contribution in [1.29, 1.82) is 0 Å². The van der Waals surface area contributed by atoms with Crippen LogP contribution >= 0.6 is 0 Å². The van der Waals surface area contributed by atoms with E-state index < -0.39 is 10.0 Å². The van der Waals surface area contributed by atoms with Crippen molar-refractivity contribution in [1.82, 2.24) is 9.62 Å². The fourth-order valence-corrected chi connectivity index (χ4v) is 4.35. The first-order valence-electron chi connectivity index (χ1n) is 9.90. The van der Waals surface area contributed by atoms with E-state index >= 15 is 0 Å². The largest absolute Gasteiger partial charge is 0.497 e. The lowest BCUT2D eigenvalue weighted by atomic mass is 10.0. The van der Waals surface area contributed by atoms with Crippen molar-refractivity contribution >= 4 is 15.7 Å². The van der Waals surface area contributed by atoms with Crippen molar-refractivity contribution in [2.24, 2.45) is 0 Å². The molecule has 0 radical (unpaired) electrons. The van der Waals surface area contributed by atoms with Gasteiger partial charge < -0.3 is 19.1 Å². The normalized spacial score (nSPS) is 17.7. The van der Waals surface area contributed by atoms with E-state index in [0.717, 1.165) is 48.9 Å². The topological polar surface area (TPSA) is 80.3 Å². The summed E-state index contributed by atoms with van der Waals surface area (Å²) in [4.78, 5) is 4.65. The highest BCUT2D eigenvalue weighted by molar-refractivity contribution is 7.88. The highest BCUT2D eigenvalue weighted by atomic mass is 32.2. The highest BCUT2D eigenvalue weighted by Gasteiger charge is 2.27. The summed E-state index contributed by atoms with van der Waals surface area (Å²) in [5.41, 5.74) is 2.16. The Morgan fingerprint density at radius 1 is 1.03 bits per heavy atom. The molecule has 0 saturated carbocycles. The van der Waals surface area contributed by atoms with Crippen molar-refractivity contribution in [2.45, 2.75) is 6.04 Å². The third-order valence-corrected chi connectivity index (χ3v) is 6.20. The van der Waals surface area contributed by atoms with E-state index in [9.17, 15) is 8.42 Å². The summed E-state index contributed by atoms with van der Waals surface area (Å²) in [7, 11) is -1.63. The minimum absolute atomic E-state index is 0.0905. The van der Waals surface area contributed by atoms with Gasteiger partial charge in [0.15, 0.2) is 11.5 Å². The monoisotopic (exact) mass is 433 g/mol. The van der Waals surface area contributed by atoms with E-state index in [1.165, 1.54) is 6.26 Å². The number of benzene rings is 2. The van der Waals surface area contributed by atoms with Crippen LogP contribution in [-0.4, -0.2) is 66.2 Å². The average Bonchev–Trinajstić information content (AvgIpc) is 3.22. The molecule has 0 spiro atoms. The molecule has 0 aliphatic carbocycles. The fourth-order valence-electron chi connectivity index (χ4n) is 3.89. The van der Waals surface area contributed by atoms with Crippen LogP contribution < -0.4 is 23.8 Å². The van der Waals surface area contributed by atoms with Crippen LogP contribution in [0.4, 0.5) is 5.69 Å². The lowest BCUT2D eigenvalue weighted by molar-refractivity contribution is 0.173. The minimum atomic E-state index is -3.29. The Labute approximate surface area is 177 Å². The van der Waals surface area contributed by atoms with Gasteiger partial charge in [-0.2, -0.15) is 0 Å². The van der Waals surface area contributed by atoms with Gasteiger partial charge in [-0.25, -0.2) is 13.1 Å². The Morgan fingerprint density at radius 3 is 2.40 bits per heavy atom. The molecule has 0 aromatic heterocycles. The first-order valence-corrected chi connectivity index (χ1v) is 11.8. The lowest BCUT2D eigenvalue weighted by Crippen LogP contribution is -2.49. The van der Waals surface area contributed by atoms with Gasteiger partial charge in [0.05, 0.1) is 13.4 Å². The van der Waals surface area contributed by atoms with Crippen LogP contribution in [0.2, 0.25) is 0 Å². The molecule has 2 aromatic carbocycles. The van der Waals surface area contributed by atoms with Crippen LogP contribution in [-0.2, 0) is 10.0 Å². The second-order valence-electron chi connectivity index (χ2n) is 7.47. The third-order valence-electron chi connectivity index (χ3n) is 5.51. The maximum atomic E-state index is 11.7. The number of sulfonamides is 1. The zero-order valence-electron chi connectivity index (χ0n) is 17.2. The molecule has 9 heteroatoms. The van der Waals surface area contributed by atoms with Crippen LogP contribution in [0, 0.1) is 0 Å². The van der Waals surface area contributed by atoms with Gasteiger partial charge in [0.2, 0.25) is 16.8 Å². The quantitative estimate of drug-likeness (QED) is 0.714. The van der Waals surface area contributed by atoms with Crippen molar-refractivity contribution in [3.8, 4) is 17.2 Å². The number of hydrogen-bond acceptors (Lipinski definition) is 7. The number of ether oxygens (including phenoxy) is 3. The standard InChI is InChI=1S/C21H27N3O5S/c1-27-18-6-4-17(5-7-18)23-9-11-24(12-10-23)19(14-22-30(2,25)26)16-3-8-20-21(13-16)29-15-28-20/h3-8,13,19,22H,9-12,14-15H2,1-2H3. The molecular weight excluding hydrogens is 406 g/mol. The number of fused-ring (bicyclic) bond motifs is 1. The summed E-state index contributed by atoms with van der Waals surface area (Å²) < 4.78 is 42.3. The lowest BCUT2D eigenvalue weighted by Gasteiger charge is -2.40. The molecule has 2 heterocycles. The number of nitrogens with one attached hydrogen (secondary N) is 1. The van der Waals surface area contributed by atoms with Crippen molar-refractivity contribution < 1.29 is 22.6 Å². The van der Waals surface area contributed by atoms with Gasteiger partial charge in [-0.1, -0.05) is 6.07 Å². The van der Waals surface area contributed by atoms with Gasteiger partial charge in [0.1, 0.15) is 5.75 Å². The van der Waals surface area contributed by atoms with Crippen LogP contribution in [0.1, 0.15) is 11.6 Å². The zero-order valence-corrected chi connectivity index (χ0v) is 18.0. The molecule has 30 heavy (non-hydrogen) atoms. The molecule has 1 N–H and O–H groups in total. The molecule has 0 bridgehead atoms. The number of methoxy groups -OCH3 is 1. The Balaban J connectivity index is 1.48. The van der Waals surface area contributed by atoms with E-state index in [2.05, 4.69) is 26.7 Å². The molecule has 2 aromatic rings. The summed E-state index contributed by atoms with van der Waals surface area (Å²) in [6, 6.07) is 13.8. The number of nitrogens with zero attached hydrogens (tertiary/aromatic N) is 2.